The molecule has 1 heterocycles. The zero-order valence-corrected chi connectivity index (χ0v) is 13.3. The minimum Gasteiger partial charge on any atom is -0.508 e. The van der Waals surface area contributed by atoms with Crippen LogP contribution >= 0.6 is 11.8 Å². The van der Waals surface area contributed by atoms with Gasteiger partial charge in [0.2, 0.25) is 5.91 Å². The minimum atomic E-state index is -1.52. The van der Waals surface area contributed by atoms with Crippen molar-refractivity contribution in [3.05, 3.63) is 65.0 Å². The van der Waals surface area contributed by atoms with Gasteiger partial charge in [-0.1, -0.05) is 18.2 Å². The average Bonchev–Trinajstić information content (AvgIpc) is 2.93. The summed E-state index contributed by atoms with van der Waals surface area (Å²) in [6, 6.07) is 8.60. The fourth-order valence-electron chi connectivity index (χ4n) is 2.60. The molecule has 1 atom stereocenters. The number of amides is 1. The lowest BCUT2D eigenvalue weighted by Gasteiger charge is -2.24. The van der Waals surface area contributed by atoms with Crippen LogP contribution in [0, 0.1) is 17.5 Å². The van der Waals surface area contributed by atoms with Gasteiger partial charge in [0.15, 0.2) is 17.5 Å². The molecule has 1 N–H and O–H groups in total. The molecule has 2 aromatic carbocycles. The van der Waals surface area contributed by atoms with Gasteiger partial charge < -0.3 is 10.0 Å². The predicted molar refractivity (Wildman–Crippen MR) is 85.0 cm³/mol. The molecule has 3 nitrogen and oxygen atoms in total. The summed E-state index contributed by atoms with van der Waals surface area (Å²) >= 11 is 1.19. The first-order valence-corrected chi connectivity index (χ1v) is 8.34. The molecule has 1 saturated heterocycles. The normalized spacial score (nSPS) is 17.5. The number of hydrogen-bond donors (Lipinski definition) is 1. The van der Waals surface area contributed by atoms with Crippen molar-refractivity contribution in [1.82, 2.24) is 4.90 Å². The van der Waals surface area contributed by atoms with E-state index in [2.05, 4.69) is 0 Å². The second-order valence-electron chi connectivity index (χ2n) is 5.43. The quantitative estimate of drug-likeness (QED) is 0.854. The van der Waals surface area contributed by atoms with Crippen LogP contribution in [0.1, 0.15) is 16.5 Å². The van der Waals surface area contributed by atoms with Crippen LogP contribution in [-0.4, -0.2) is 28.2 Å². The molecule has 0 aliphatic carbocycles. The highest BCUT2D eigenvalue weighted by Crippen LogP contribution is 2.40. The zero-order chi connectivity index (χ0) is 17.3. The molecule has 24 heavy (non-hydrogen) atoms. The van der Waals surface area contributed by atoms with Crippen molar-refractivity contribution in [2.75, 3.05) is 12.3 Å². The summed E-state index contributed by atoms with van der Waals surface area (Å²) in [5.74, 6) is -3.89. The minimum absolute atomic E-state index is 0.0320. The lowest BCUT2D eigenvalue weighted by molar-refractivity contribution is -0.128. The smallest absolute Gasteiger partial charge is 0.233 e. The molecule has 7 heteroatoms. The van der Waals surface area contributed by atoms with Crippen LogP contribution in [0.3, 0.4) is 0 Å². The molecular formula is C17H14F3NO2S. The summed E-state index contributed by atoms with van der Waals surface area (Å²) in [4.78, 5) is 13.5. The Bertz CT molecular complexity index is 767. The third-order valence-electron chi connectivity index (χ3n) is 3.88. The Morgan fingerprint density at radius 2 is 1.79 bits per heavy atom. The number of hydrogen-bond acceptors (Lipinski definition) is 3. The Labute approximate surface area is 141 Å². The molecule has 0 spiro atoms. The molecule has 2 aromatic rings. The highest BCUT2D eigenvalue weighted by atomic mass is 32.2. The van der Waals surface area contributed by atoms with Crippen LogP contribution in [-0.2, 0) is 11.2 Å². The Kier molecular flexibility index (Phi) is 4.71. The maximum atomic E-state index is 14.0. The second-order valence-corrected chi connectivity index (χ2v) is 6.50. The molecule has 1 unspecified atom stereocenters. The molecular weight excluding hydrogens is 339 g/mol. The molecule has 1 aliphatic rings. The summed E-state index contributed by atoms with van der Waals surface area (Å²) in [5, 5.41) is 8.60. The second kappa shape index (κ2) is 6.76. The SMILES string of the molecule is O=C1CSC(c2ccc(F)c(F)c2F)N1CCc1ccc(O)cc1. The Hall–Kier alpha value is -2.15. The maximum Gasteiger partial charge on any atom is 0.233 e. The number of halogens is 3. The van der Waals surface area contributed by atoms with Crippen molar-refractivity contribution in [3.8, 4) is 5.75 Å². The Morgan fingerprint density at radius 3 is 2.50 bits per heavy atom. The molecule has 0 radical (unpaired) electrons. The van der Waals surface area contributed by atoms with E-state index >= 15 is 0 Å². The Morgan fingerprint density at radius 1 is 1.08 bits per heavy atom. The van der Waals surface area contributed by atoms with Crippen LogP contribution in [0.4, 0.5) is 13.2 Å². The van der Waals surface area contributed by atoms with Crippen molar-refractivity contribution in [3.63, 3.8) is 0 Å². The highest BCUT2D eigenvalue weighted by molar-refractivity contribution is 8.00. The van der Waals surface area contributed by atoms with E-state index in [1.54, 1.807) is 24.3 Å². The topological polar surface area (TPSA) is 40.5 Å². The van der Waals surface area contributed by atoms with Gasteiger partial charge in [-0.3, -0.25) is 4.79 Å². The van der Waals surface area contributed by atoms with Gasteiger partial charge in [0.05, 0.1) is 5.75 Å². The van der Waals surface area contributed by atoms with Gasteiger partial charge >= 0.3 is 0 Å². The van der Waals surface area contributed by atoms with Crippen LogP contribution in [0.25, 0.3) is 0 Å². The van der Waals surface area contributed by atoms with Crippen molar-refractivity contribution >= 4 is 17.7 Å². The van der Waals surface area contributed by atoms with E-state index in [9.17, 15) is 23.1 Å². The molecule has 1 fully saturated rings. The lowest BCUT2D eigenvalue weighted by Crippen LogP contribution is -2.30. The van der Waals surface area contributed by atoms with Gasteiger partial charge in [-0.05, 0) is 30.2 Å². The van der Waals surface area contributed by atoms with E-state index in [4.69, 9.17) is 0 Å². The summed E-state index contributed by atoms with van der Waals surface area (Å²) in [5.41, 5.74) is 0.873. The highest BCUT2D eigenvalue weighted by Gasteiger charge is 2.35. The molecule has 1 amide bonds. The molecule has 0 bridgehead atoms. The van der Waals surface area contributed by atoms with Gasteiger partial charge in [-0.2, -0.15) is 0 Å². The third kappa shape index (κ3) is 3.21. The number of phenols is 1. The number of rotatable bonds is 4. The van der Waals surface area contributed by atoms with E-state index in [0.717, 1.165) is 11.6 Å². The third-order valence-corrected chi connectivity index (χ3v) is 5.11. The first-order chi connectivity index (χ1) is 11.5. The van der Waals surface area contributed by atoms with Gasteiger partial charge in [-0.25, -0.2) is 13.2 Å². The molecule has 1 aliphatic heterocycles. The number of nitrogens with zero attached hydrogens (tertiary/aromatic N) is 1. The van der Waals surface area contributed by atoms with Gasteiger partial charge in [0.25, 0.3) is 0 Å². The number of phenolic OH excluding ortho intramolecular Hbond substituents is 1. The van der Waals surface area contributed by atoms with Gasteiger partial charge in [0, 0.05) is 12.1 Å². The van der Waals surface area contributed by atoms with Gasteiger partial charge in [-0.15, -0.1) is 11.8 Å². The van der Waals surface area contributed by atoms with Crippen LogP contribution in [0.15, 0.2) is 36.4 Å². The van der Waals surface area contributed by atoms with Gasteiger partial charge in [0.1, 0.15) is 11.1 Å². The van der Waals surface area contributed by atoms with Crippen LogP contribution in [0.5, 0.6) is 5.75 Å². The van der Waals surface area contributed by atoms with Crippen LogP contribution in [0.2, 0.25) is 0 Å². The number of benzene rings is 2. The first-order valence-electron chi connectivity index (χ1n) is 7.29. The Balaban J connectivity index is 1.79. The molecule has 0 saturated carbocycles. The fraction of sp³-hybridized carbons (Fsp3) is 0.235. The van der Waals surface area contributed by atoms with E-state index in [1.165, 1.54) is 22.7 Å². The summed E-state index contributed by atoms with van der Waals surface area (Å²) < 4.78 is 40.6. The largest absolute Gasteiger partial charge is 0.508 e. The fourth-order valence-corrected chi connectivity index (χ4v) is 3.83. The molecule has 126 valence electrons. The summed E-state index contributed by atoms with van der Waals surface area (Å²) in [7, 11) is 0. The van der Waals surface area contributed by atoms with E-state index < -0.39 is 22.8 Å². The van der Waals surface area contributed by atoms with Crippen LogP contribution < -0.4 is 0 Å². The van der Waals surface area contributed by atoms with E-state index in [1.807, 2.05) is 0 Å². The average molecular weight is 353 g/mol. The monoisotopic (exact) mass is 353 g/mol. The molecule has 0 aromatic heterocycles. The first kappa shape index (κ1) is 16.7. The van der Waals surface area contributed by atoms with E-state index in [0.29, 0.717) is 13.0 Å². The van der Waals surface area contributed by atoms with Crippen molar-refractivity contribution in [1.29, 1.82) is 0 Å². The molecule has 3 rings (SSSR count). The number of carbonyl (C=O) groups is 1. The number of aromatic hydroxyl groups is 1. The lowest BCUT2D eigenvalue weighted by atomic mass is 10.1. The summed E-state index contributed by atoms with van der Waals surface area (Å²) in [6.07, 6.45) is 0.508. The number of carbonyl (C=O) groups excluding carboxylic acids is 1. The zero-order valence-electron chi connectivity index (χ0n) is 12.5. The summed E-state index contributed by atoms with van der Waals surface area (Å²) in [6.45, 7) is 0.319. The van der Waals surface area contributed by atoms with E-state index in [-0.39, 0.29) is 23.0 Å². The van der Waals surface area contributed by atoms with Crippen molar-refractivity contribution < 1.29 is 23.1 Å². The standard InChI is InChI=1S/C17H14F3NO2S/c18-13-6-5-12(15(19)16(13)20)17-21(14(23)9-24-17)8-7-10-1-3-11(22)4-2-10/h1-6,17,22H,7-9H2. The maximum absolute atomic E-state index is 14.0. The van der Waals surface area contributed by atoms with Crippen molar-refractivity contribution in [2.24, 2.45) is 0 Å². The van der Waals surface area contributed by atoms with Crippen molar-refractivity contribution in [2.45, 2.75) is 11.8 Å². The number of thioether (sulfide) groups is 1. The predicted octanol–water partition coefficient (Wildman–Crippen LogP) is 3.63.